The summed E-state index contributed by atoms with van der Waals surface area (Å²) < 4.78 is 28.2. The summed E-state index contributed by atoms with van der Waals surface area (Å²) in [4.78, 5) is 22.2. The monoisotopic (exact) mass is 373 g/mol. The Morgan fingerprint density at radius 3 is 3.04 bits per heavy atom. The summed E-state index contributed by atoms with van der Waals surface area (Å²) in [6.07, 6.45) is 2.09. The molecule has 1 atom stereocenters. The minimum atomic E-state index is -0.527. The van der Waals surface area contributed by atoms with Gasteiger partial charge in [0.25, 0.3) is 11.8 Å². The molecule has 1 saturated heterocycles. The molecule has 9 heteroatoms. The number of halogens is 1. The van der Waals surface area contributed by atoms with Crippen LogP contribution in [0.25, 0.3) is 11.0 Å². The summed E-state index contributed by atoms with van der Waals surface area (Å²) in [6, 6.07) is 5.28. The van der Waals surface area contributed by atoms with E-state index < -0.39 is 5.82 Å². The van der Waals surface area contributed by atoms with E-state index in [1.54, 1.807) is 23.1 Å². The first-order valence-electron chi connectivity index (χ1n) is 8.33. The second-order valence-electron chi connectivity index (χ2n) is 6.04. The predicted octanol–water partition coefficient (Wildman–Crippen LogP) is 2.48. The Hall–Kier alpha value is -2.68. The number of rotatable bonds is 4. The standard InChI is InChI=1S/C17H16FN5O2S/c1-2-12-15(18)16(20-9-19-12)25-11-5-6-23(8-11)17(24)10-3-4-13-14(7-10)22-26-21-13/h3-4,7,9,11H,2,5-6,8H2,1H3/t11-/m1/s1. The molecular weight excluding hydrogens is 357 g/mol. The van der Waals surface area contributed by atoms with Crippen LogP contribution in [-0.2, 0) is 6.42 Å². The van der Waals surface area contributed by atoms with Crippen LogP contribution in [0.4, 0.5) is 4.39 Å². The third-order valence-electron chi connectivity index (χ3n) is 4.38. The van der Waals surface area contributed by atoms with E-state index >= 15 is 0 Å². The predicted molar refractivity (Wildman–Crippen MR) is 93.7 cm³/mol. The van der Waals surface area contributed by atoms with Crippen molar-refractivity contribution >= 4 is 28.7 Å². The van der Waals surface area contributed by atoms with E-state index in [9.17, 15) is 9.18 Å². The lowest BCUT2D eigenvalue weighted by Crippen LogP contribution is -2.31. The van der Waals surface area contributed by atoms with Crippen molar-refractivity contribution in [1.82, 2.24) is 23.6 Å². The smallest absolute Gasteiger partial charge is 0.254 e. The van der Waals surface area contributed by atoms with E-state index in [4.69, 9.17) is 4.74 Å². The lowest BCUT2D eigenvalue weighted by molar-refractivity contribution is 0.0770. The average molecular weight is 373 g/mol. The van der Waals surface area contributed by atoms with Crippen molar-refractivity contribution in [1.29, 1.82) is 0 Å². The molecule has 1 fully saturated rings. The Morgan fingerprint density at radius 1 is 1.35 bits per heavy atom. The van der Waals surface area contributed by atoms with Crippen molar-refractivity contribution in [2.75, 3.05) is 13.1 Å². The molecule has 7 nitrogen and oxygen atoms in total. The molecular formula is C17H16FN5O2S. The van der Waals surface area contributed by atoms with Crippen LogP contribution in [-0.4, -0.2) is 48.7 Å². The molecule has 1 amide bonds. The SMILES string of the molecule is CCc1ncnc(O[C@@H]2CCN(C(=O)c3ccc4nsnc4c3)C2)c1F. The molecule has 26 heavy (non-hydrogen) atoms. The molecule has 0 radical (unpaired) electrons. The number of aryl methyl sites for hydroxylation is 1. The first kappa shape index (κ1) is 16.8. The van der Waals surface area contributed by atoms with Crippen LogP contribution in [0.5, 0.6) is 5.88 Å². The molecule has 0 unspecified atom stereocenters. The number of fused-ring (bicyclic) bond motifs is 1. The van der Waals surface area contributed by atoms with Crippen LogP contribution >= 0.6 is 11.7 Å². The Morgan fingerprint density at radius 2 is 2.19 bits per heavy atom. The van der Waals surface area contributed by atoms with Gasteiger partial charge in [0, 0.05) is 18.5 Å². The summed E-state index contributed by atoms with van der Waals surface area (Å²) in [5.41, 5.74) is 2.38. The lowest BCUT2D eigenvalue weighted by Gasteiger charge is -2.17. The number of hydrogen-bond acceptors (Lipinski definition) is 7. The van der Waals surface area contributed by atoms with Crippen LogP contribution in [0.15, 0.2) is 24.5 Å². The molecule has 3 heterocycles. The van der Waals surface area contributed by atoms with Crippen molar-refractivity contribution in [3.63, 3.8) is 0 Å². The first-order chi connectivity index (χ1) is 12.7. The average Bonchev–Trinajstić information content (AvgIpc) is 3.31. The van der Waals surface area contributed by atoms with Gasteiger partial charge in [-0.25, -0.2) is 4.98 Å². The molecule has 0 bridgehead atoms. The molecule has 0 saturated carbocycles. The lowest BCUT2D eigenvalue weighted by atomic mass is 10.2. The van der Waals surface area contributed by atoms with Crippen LogP contribution in [0, 0.1) is 5.82 Å². The second-order valence-corrected chi connectivity index (χ2v) is 6.57. The van der Waals surface area contributed by atoms with Gasteiger partial charge in [-0.1, -0.05) is 6.92 Å². The van der Waals surface area contributed by atoms with E-state index in [-0.39, 0.29) is 17.9 Å². The van der Waals surface area contributed by atoms with Crippen molar-refractivity contribution in [3.05, 3.63) is 41.6 Å². The topological polar surface area (TPSA) is 81.1 Å². The number of amides is 1. The third kappa shape index (κ3) is 3.10. The van der Waals surface area contributed by atoms with Crippen LogP contribution in [0.1, 0.15) is 29.4 Å². The number of nitrogens with zero attached hydrogens (tertiary/aromatic N) is 5. The largest absolute Gasteiger partial charge is 0.470 e. The molecule has 0 N–H and O–H groups in total. The maximum atomic E-state index is 14.2. The van der Waals surface area contributed by atoms with E-state index in [2.05, 4.69) is 18.7 Å². The Labute approximate surface area is 153 Å². The Balaban J connectivity index is 1.45. The Bertz CT molecular complexity index is 963. The Kier molecular flexibility index (Phi) is 4.46. The molecule has 2 aromatic heterocycles. The number of aromatic nitrogens is 4. The van der Waals surface area contributed by atoms with E-state index in [1.807, 2.05) is 6.92 Å². The zero-order valence-corrected chi connectivity index (χ0v) is 14.9. The molecule has 3 aromatic rings. The fourth-order valence-electron chi connectivity index (χ4n) is 2.98. The van der Waals surface area contributed by atoms with Crippen LogP contribution in [0.3, 0.4) is 0 Å². The molecule has 1 aromatic carbocycles. The molecule has 0 spiro atoms. The molecule has 134 valence electrons. The zero-order valence-electron chi connectivity index (χ0n) is 14.1. The fourth-order valence-corrected chi connectivity index (χ4v) is 3.50. The second kappa shape index (κ2) is 6.91. The quantitative estimate of drug-likeness (QED) is 0.699. The molecule has 4 rings (SSSR count). The number of carbonyl (C=O) groups excluding carboxylic acids is 1. The van der Waals surface area contributed by atoms with E-state index in [0.717, 1.165) is 17.2 Å². The first-order valence-corrected chi connectivity index (χ1v) is 9.06. The van der Waals surface area contributed by atoms with Gasteiger partial charge in [0.15, 0.2) is 0 Å². The zero-order chi connectivity index (χ0) is 18.1. The van der Waals surface area contributed by atoms with Gasteiger partial charge in [-0.3, -0.25) is 4.79 Å². The van der Waals surface area contributed by atoms with Gasteiger partial charge < -0.3 is 9.64 Å². The summed E-state index contributed by atoms with van der Waals surface area (Å²) >= 11 is 1.12. The summed E-state index contributed by atoms with van der Waals surface area (Å²) in [5.74, 6) is -0.671. The maximum absolute atomic E-state index is 14.2. The van der Waals surface area contributed by atoms with Gasteiger partial charge in [-0.15, -0.1) is 0 Å². The molecule has 0 aliphatic carbocycles. The van der Waals surface area contributed by atoms with Gasteiger partial charge >= 0.3 is 0 Å². The van der Waals surface area contributed by atoms with E-state index in [1.165, 1.54) is 6.33 Å². The summed E-state index contributed by atoms with van der Waals surface area (Å²) in [7, 11) is 0. The highest BCUT2D eigenvalue weighted by Crippen LogP contribution is 2.23. The minimum Gasteiger partial charge on any atom is -0.470 e. The third-order valence-corrected chi connectivity index (χ3v) is 4.93. The van der Waals surface area contributed by atoms with Crippen LogP contribution in [0.2, 0.25) is 0 Å². The number of ether oxygens (including phenoxy) is 1. The van der Waals surface area contributed by atoms with Gasteiger partial charge in [-0.2, -0.15) is 18.1 Å². The van der Waals surface area contributed by atoms with Gasteiger partial charge in [0.1, 0.15) is 23.5 Å². The minimum absolute atomic E-state index is 0.0499. The molecule has 1 aliphatic heterocycles. The summed E-state index contributed by atoms with van der Waals surface area (Å²) in [6.45, 7) is 2.75. The molecule has 1 aliphatic rings. The van der Waals surface area contributed by atoms with Gasteiger partial charge in [-0.05, 0) is 24.6 Å². The highest BCUT2D eigenvalue weighted by atomic mass is 32.1. The number of carbonyl (C=O) groups is 1. The van der Waals surface area contributed by atoms with Gasteiger partial charge in [0.05, 0.1) is 24.0 Å². The number of likely N-dealkylation sites (tertiary alicyclic amines) is 1. The van der Waals surface area contributed by atoms with Gasteiger partial charge in [0.2, 0.25) is 5.82 Å². The van der Waals surface area contributed by atoms with E-state index in [0.29, 0.717) is 42.7 Å². The highest BCUT2D eigenvalue weighted by Gasteiger charge is 2.29. The number of benzene rings is 1. The fraction of sp³-hybridized carbons (Fsp3) is 0.353. The number of hydrogen-bond donors (Lipinski definition) is 0. The summed E-state index contributed by atoms with van der Waals surface area (Å²) in [5, 5.41) is 0. The van der Waals surface area contributed by atoms with Crippen molar-refractivity contribution in [2.24, 2.45) is 0 Å². The van der Waals surface area contributed by atoms with Crippen molar-refractivity contribution in [3.8, 4) is 5.88 Å². The normalized spacial score (nSPS) is 17.0. The van der Waals surface area contributed by atoms with Crippen molar-refractivity contribution < 1.29 is 13.9 Å². The maximum Gasteiger partial charge on any atom is 0.254 e. The highest BCUT2D eigenvalue weighted by molar-refractivity contribution is 7.00. The van der Waals surface area contributed by atoms with Crippen LogP contribution < -0.4 is 4.74 Å². The van der Waals surface area contributed by atoms with Crippen molar-refractivity contribution in [2.45, 2.75) is 25.9 Å².